The van der Waals surface area contributed by atoms with Crippen molar-refractivity contribution in [1.82, 2.24) is 10.2 Å². The van der Waals surface area contributed by atoms with Crippen LogP contribution in [0.4, 0.5) is 4.79 Å². The molecular formula is C16H24N2O3. The highest BCUT2D eigenvalue weighted by molar-refractivity contribution is 5.75. The molecule has 1 heterocycles. The Labute approximate surface area is 125 Å². The predicted molar refractivity (Wildman–Crippen MR) is 81.5 cm³/mol. The molecule has 1 aromatic rings. The van der Waals surface area contributed by atoms with Crippen LogP contribution in [0.25, 0.3) is 0 Å². The molecule has 1 aliphatic heterocycles. The normalized spacial score (nSPS) is 21.4. The molecule has 5 nitrogen and oxygen atoms in total. The molecule has 2 N–H and O–H groups in total. The maximum Gasteiger partial charge on any atom is 0.318 e. The zero-order chi connectivity index (χ0) is 15.3. The van der Waals surface area contributed by atoms with Crippen LogP contribution in [-0.2, 0) is 0 Å². The molecule has 2 rings (SSSR count). The predicted octanol–water partition coefficient (Wildman–Crippen LogP) is 1.93. The number of likely N-dealkylation sites (tertiary alicyclic amines) is 1. The van der Waals surface area contributed by atoms with E-state index in [9.17, 15) is 9.90 Å². The summed E-state index contributed by atoms with van der Waals surface area (Å²) in [5.41, 5.74) is 0.759. The van der Waals surface area contributed by atoms with Gasteiger partial charge in [-0.15, -0.1) is 0 Å². The van der Waals surface area contributed by atoms with Crippen LogP contribution >= 0.6 is 0 Å². The summed E-state index contributed by atoms with van der Waals surface area (Å²) in [6.07, 6.45) is 1.78. The second-order valence-electron chi connectivity index (χ2n) is 5.80. The van der Waals surface area contributed by atoms with Gasteiger partial charge in [-0.05, 0) is 38.8 Å². The second kappa shape index (κ2) is 6.80. The van der Waals surface area contributed by atoms with Crippen molar-refractivity contribution in [3.63, 3.8) is 0 Å². The molecule has 1 fully saturated rings. The van der Waals surface area contributed by atoms with Crippen LogP contribution in [0, 0.1) is 6.92 Å². The van der Waals surface area contributed by atoms with E-state index in [1.165, 1.54) is 5.56 Å². The number of carbonyl (C=O) groups excluding carboxylic acids is 1. The Balaban J connectivity index is 1.73. The second-order valence-corrected chi connectivity index (χ2v) is 5.80. The zero-order valence-corrected chi connectivity index (χ0v) is 12.8. The summed E-state index contributed by atoms with van der Waals surface area (Å²) in [5, 5.41) is 12.3. The molecule has 0 unspecified atom stereocenters. The first kappa shape index (κ1) is 15.6. The fourth-order valence-corrected chi connectivity index (χ4v) is 2.59. The first-order chi connectivity index (χ1) is 10.0. The molecular weight excluding hydrogens is 268 g/mol. The van der Waals surface area contributed by atoms with E-state index in [-0.39, 0.29) is 12.6 Å². The van der Waals surface area contributed by atoms with Gasteiger partial charge in [0.1, 0.15) is 12.4 Å². The van der Waals surface area contributed by atoms with Crippen molar-refractivity contribution in [1.29, 1.82) is 0 Å². The van der Waals surface area contributed by atoms with Gasteiger partial charge in [-0.3, -0.25) is 0 Å². The Hall–Kier alpha value is -1.75. The first-order valence-electron chi connectivity index (χ1n) is 7.41. The number of carbonyl (C=O) groups is 1. The number of benzene rings is 1. The number of nitrogens with zero attached hydrogens (tertiary/aromatic N) is 1. The average molecular weight is 292 g/mol. The largest absolute Gasteiger partial charge is 0.492 e. The van der Waals surface area contributed by atoms with Gasteiger partial charge in [-0.2, -0.15) is 0 Å². The van der Waals surface area contributed by atoms with Gasteiger partial charge in [0, 0.05) is 6.54 Å². The third-order valence-corrected chi connectivity index (χ3v) is 4.00. The van der Waals surface area contributed by atoms with E-state index in [1.807, 2.05) is 38.1 Å². The van der Waals surface area contributed by atoms with Crippen LogP contribution in [0.15, 0.2) is 24.3 Å². The summed E-state index contributed by atoms with van der Waals surface area (Å²) in [7, 11) is 0. The maximum atomic E-state index is 12.1. The van der Waals surface area contributed by atoms with Crippen molar-refractivity contribution in [2.24, 2.45) is 0 Å². The molecule has 0 aliphatic carbocycles. The SMILES string of the molecule is Cc1ccc(OCCNC(=O)N2CCC[C@]2(C)CO)cc1. The molecule has 0 saturated carbocycles. The minimum atomic E-state index is -0.429. The lowest BCUT2D eigenvalue weighted by atomic mass is 10.0. The molecule has 0 radical (unpaired) electrons. The minimum absolute atomic E-state index is 0.000284. The molecule has 1 atom stereocenters. The monoisotopic (exact) mass is 292 g/mol. The number of nitrogens with one attached hydrogen (secondary N) is 1. The van der Waals surface area contributed by atoms with Crippen LogP contribution in [0.3, 0.4) is 0 Å². The fourth-order valence-electron chi connectivity index (χ4n) is 2.59. The Morgan fingerprint density at radius 3 is 2.81 bits per heavy atom. The van der Waals surface area contributed by atoms with Gasteiger partial charge in [0.2, 0.25) is 0 Å². The van der Waals surface area contributed by atoms with E-state index < -0.39 is 5.54 Å². The summed E-state index contributed by atoms with van der Waals surface area (Å²) < 4.78 is 5.57. The topological polar surface area (TPSA) is 61.8 Å². The Morgan fingerprint density at radius 1 is 1.43 bits per heavy atom. The molecule has 0 bridgehead atoms. The van der Waals surface area contributed by atoms with E-state index in [0.29, 0.717) is 19.7 Å². The number of hydrogen-bond acceptors (Lipinski definition) is 3. The highest BCUT2D eigenvalue weighted by Gasteiger charge is 2.38. The number of urea groups is 1. The number of rotatable bonds is 5. The van der Waals surface area contributed by atoms with Crippen molar-refractivity contribution in [2.75, 3.05) is 26.3 Å². The lowest BCUT2D eigenvalue weighted by Gasteiger charge is -2.33. The van der Waals surface area contributed by atoms with Gasteiger partial charge in [0.25, 0.3) is 0 Å². The van der Waals surface area contributed by atoms with Gasteiger partial charge < -0.3 is 20.1 Å². The summed E-state index contributed by atoms with van der Waals surface area (Å²) in [4.78, 5) is 13.8. The number of ether oxygens (including phenoxy) is 1. The highest BCUT2D eigenvalue weighted by atomic mass is 16.5. The molecule has 1 saturated heterocycles. The van der Waals surface area contributed by atoms with E-state index >= 15 is 0 Å². The Kier molecular flexibility index (Phi) is 5.07. The molecule has 0 spiro atoms. The van der Waals surface area contributed by atoms with Crippen LogP contribution < -0.4 is 10.1 Å². The van der Waals surface area contributed by atoms with Crippen LogP contribution in [0.5, 0.6) is 5.75 Å². The third kappa shape index (κ3) is 3.88. The maximum absolute atomic E-state index is 12.1. The van der Waals surface area contributed by atoms with E-state index in [0.717, 1.165) is 18.6 Å². The summed E-state index contributed by atoms with van der Waals surface area (Å²) in [6.45, 7) is 5.52. The van der Waals surface area contributed by atoms with Gasteiger partial charge in [-0.25, -0.2) is 4.79 Å². The summed E-state index contributed by atoms with van der Waals surface area (Å²) in [6, 6.07) is 7.69. The van der Waals surface area contributed by atoms with Crippen LogP contribution in [0.1, 0.15) is 25.3 Å². The average Bonchev–Trinajstić information content (AvgIpc) is 2.88. The van der Waals surface area contributed by atoms with Crippen molar-refractivity contribution >= 4 is 6.03 Å². The summed E-state index contributed by atoms with van der Waals surface area (Å²) >= 11 is 0. The molecule has 1 aliphatic rings. The number of amides is 2. The molecule has 1 aromatic carbocycles. The minimum Gasteiger partial charge on any atom is -0.492 e. The standard InChI is InChI=1S/C16H24N2O3/c1-13-4-6-14(7-5-13)21-11-9-17-15(20)18-10-3-8-16(18,2)12-19/h4-7,19H,3,8-12H2,1-2H3,(H,17,20)/t16-/m1/s1. The van der Waals surface area contributed by atoms with E-state index in [2.05, 4.69) is 5.32 Å². The number of hydrogen-bond donors (Lipinski definition) is 2. The van der Waals surface area contributed by atoms with Crippen molar-refractivity contribution < 1.29 is 14.6 Å². The van der Waals surface area contributed by atoms with Crippen molar-refractivity contribution in [3.8, 4) is 5.75 Å². The molecule has 5 heteroatoms. The zero-order valence-electron chi connectivity index (χ0n) is 12.8. The molecule has 116 valence electrons. The lowest BCUT2D eigenvalue weighted by molar-refractivity contribution is 0.0969. The van der Waals surface area contributed by atoms with E-state index in [1.54, 1.807) is 4.90 Å². The van der Waals surface area contributed by atoms with Gasteiger partial charge in [0.15, 0.2) is 0 Å². The Bertz CT molecular complexity index is 475. The molecule has 2 amide bonds. The highest BCUT2D eigenvalue weighted by Crippen LogP contribution is 2.28. The van der Waals surface area contributed by atoms with Gasteiger partial charge >= 0.3 is 6.03 Å². The Morgan fingerprint density at radius 2 is 2.14 bits per heavy atom. The number of aryl methyl sites for hydroxylation is 1. The third-order valence-electron chi connectivity index (χ3n) is 4.00. The number of aliphatic hydroxyl groups is 1. The molecule has 0 aromatic heterocycles. The lowest BCUT2D eigenvalue weighted by Crippen LogP contribution is -2.52. The molecule has 21 heavy (non-hydrogen) atoms. The smallest absolute Gasteiger partial charge is 0.318 e. The van der Waals surface area contributed by atoms with Crippen molar-refractivity contribution in [2.45, 2.75) is 32.2 Å². The van der Waals surface area contributed by atoms with Crippen LogP contribution in [-0.4, -0.2) is 47.9 Å². The first-order valence-corrected chi connectivity index (χ1v) is 7.41. The number of aliphatic hydroxyl groups excluding tert-OH is 1. The van der Waals surface area contributed by atoms with Crippen LogP contribution in [0.2, 0.25) is 0 Å². The summed E-state index contributed by atoms with van der Waals surface area (Å²) in [5.74, 6) is 0.802. The fraction of sp³-hybridized carbons (Fsp3) is 0.562. The van der Waals surface area contributed by atoms with Crippen molar-refractivity contribution in [3.05, 3.63) is 29.8 Å². The van der Waals surface area contributed by atoms with E-state index in [4.69, 9.17) is 4.74 Å². The van der Waals surface area contributed by atoms with Gasteiger partial charge in [0.05, 0.1) is 18.7 Å². The van der Waals surface area contributed by atoms with Gasteiger partial charge in [-0.1, -0.05) is 17.7 Å². The quantitative estimate of drug-likeness (QED) is 0.815.